The summed E-state index contributed by atoms with van der Waals surface area (Å²) in [5.41, 5.74) is 17.4. The molecule has 0 amide bonds. The molecule has 0 N–H and O–H groups in total. The number of aromatic nitrogens is 4. The quantitative estimate of drug-likeness (QED) is 0.142. The minimum absolute atomic E-state index is 0.933. The van der Waals surface area contributed by atoms with Gasteiger partial charge in [0.2, 0.25) is 0 Å². The first-order chi connectivity index (χ1) is 69.4. The lowest BCUT2D eigenvalue weighted by atomic mass is 9.99. The second-order valence-electron chi connectivity index (χ2n) is 37.5. The summed E-state index contributed by atoms with van der Waals surface area (Å²) in [6.45, 7) is 0. The van der Waals surface area contributed by atoms with Crippen LogP contribution in [-0.2, 0) is 0 Å². The van der Waals surface area contributed by atoms with Gasteiger partial charge in [0.25, 0.3) is 0 Å². The van der Waals surface area contributed by atoms with Crippen LogP contribution >= 0.6 is 45.3 Å². The van der Waals surface area contributed by atoms with Gasteiger partial charge in [-0.3, -0.25) is 0 Å². The molecule has 16 heterocycles. The van der Waals surface area contributed by atoms with Crippen LogP contribution in [0.15, 0.2) is 431 Å². The molecule has 0 unspecified atom stereocenters. The average molecular weight is 1850 g/mol. The van der Waals surface area contributed by atoms with E-state index in [-0.39, 0.29) is 0 Å². The Hall–Kier alpha value is -17.4. The molecule has 0 aliphatic heterocycles. The number of fused-ring (bicyclic) bond motifs is 58. The normalized spacial score (nSPS) is 12.6. The van der Waals surface area contributed by atoms with E-state index in [1.54, 1.807) is 0 Å². The van der Waals surface area contributed by atoms with E-state index >= 15 is 0 Å². The number of hydrogen-bond donors (Lipinski definition) is 0. The first-order valence-electron chi connectivity index (χ1n) is 47.4. The topological polar surface area (TPSA) is 70.2 Å². The summed E-state index contributed by atoms with van der Waals surface area (Å²) in [7, 11) is 0. The van der Waals surface area contributed by atoms with Crippen molar-refractivity contribution in [3.05, 3.63) is 413 Å². The summed E-state index contributed by atoms with van der Waals surface area (Å²) in [5.74, 6) is 0. The Morgan fingerprint density at radius 2 is 0.400 bits per heavy atom. The number of rotatable bonds is 0. The first-order valence-corrected chi connectivity index (χ1v) is 50.7. The maximum atomic E-state index is 6.57. The average Bonchev–Trinajstić information content (AvgIpc) is 1.60. The van der Waals surface area contributed by atoms with E-state index in [4.69, 9.17) is 17.7 Å². The van der Waals surface area contributed by atoms with Gasteiger partial charge in [0.15, 0.2) is 0 Å². The lowest BCUT2D eigenvalue weighted by Crippen LogP contribution is -1.90. The van der Waals surface area contributed by atoms with Crippen LogP contribution < -0.4 is 0 Å². The van der Waals surface area contributed by atoms with Crippen LogP contribution in [0.4, 0.5) is 0 Å². The van der Waals surface area contributed by atoms with Crippen LogP contribution in [0.25, 0.3) is 320 Å². The second-order valence-corrected chi connectivity index (χ2v) is 41.8. The fraction of sp³-hybridized carbons (Fsp3) is 0. The predicted octanol–water partition coefficient (Wildman–Crippen LogP) is 38.7. The zero-order valence-electron chi connectivity index (χ0n) is 74.3. The Labute approximate surface area is 807 Å². The third kappa shape index (κ3) is 10.5. The molecule has 0 atom stereocenters. The van der Waals surface area contributed by atoms with E-state index in [0.717, 1.165) is 71.6 Å². The summed E-state index contributed by atoms with van der Waals surface area (Å²) in [6.07, 6.45) is 9.12. The van der Waals surface area contributed by atoms with Crippen molar-refractivity contribution in [1.29, 1.82) is 0 Å². The molecule has 36 aromatic rings. The third-order valence-corrected chi connectivity index (χ3v) is 34.7. The molecule has 140 heavy (non-hydrogen) atoms. The predicted molar refractivity (Wildman–Crippen MR) is 600 cm³/mol. The van der Waals surface area contributed by atoms with Crippen molar-refractivity contribution in [2.75, 3.05) is 0 Å². The molecule has 648 valence electrons. The number of hydrogen-bond acceptors (Lipinski definition) is 8. The van der Waals surface area contributed by atoms with E-state index in [2.05, 4.69) is 406 Å². The van der Waals surface area contributed by atoms with Gasteiger partial charge < -0.3 is 35.3 Å². The van der Waals surface area contributed by atoms with Gasteiger partial charge in [0.1, 0.15) is 44.7 Å². The standard InChI is InChI=1S/4C32H17NOS/c1-2-8-19-18(7-1)17-33-27-14-24-20-9-3-5-11-28(20)34-29(24)15-23(27)22-16-31-25(13-26(22)32(19)33)21-10-4-6-12-30(21)35-31;1-2-8-19-18(7-1)17-33-27-14-24-20-9-3-5-11-28(20)34-29(24)15-23(27)22-13-25-21-10-4-6-12-30(21)35-31(25)16-26(22)32(19)33;1-2-8-19-18(7-1)17-33-26-14-13-22-20-9-3-5-11-27(20)34-32(22)30(26)24-16-29-23(15-25(24)31(19)33)21-10-4-6-12-28(21)35-29;1-2-8-19-18(7-1)17-33-26-14-13-22-20-9-3-5-11-27(20)34-32(22)30(26)24-15-23-21-10-4-6-12-28(21)35-29(23)16-25(24)31(19)33/h4*1-17H. The van der Waals surface area contributed by atoms with Crippen LogP contribution in [0, 0.1) is 0 Å². The highest BCUT2D eigenvalue weighted by molar-refractivity contribution is 7.27. The molecule has 36 rings (SSSR count). The van der Waals surface area contributed by atoms with E-state index in [0.29, 0.717) is 0 Å². The fourth-order valence-corrected chi connectivity index (χ4v) is 28.6. The highest BCUT2D eigenvalue weighted by Gasteiger charge is 2.27. The smallest absolute Gasteiger partial charge is 0.145 e. The van der Waals surface area contributed by atoms with Crippen molar-refractivity contribution in [2.45, 2.75) is 0 Å². The number of para-hydroxylation sites is 4. The van der Waals surface area contributed by atoms with Crippen molar-refractivity contribution < 1.29 is 17.7 Å². The largest absolute Gasteiger partial charge is 0.456 e. The zero-order valence-corrected chi connectivity index (χ0v) is 77.6. The first kappa shape index (κ1) is 75.9. The second kappa shape index (κ2) is 28.2. The van der Waals surface area contributed by atoms with Gasteiger partial charge >= 0.3 is 0 Å². The molecule has 16 aromatic heterocycles. The SMILES string of the molecule is c1ccc2c(c1)cn1c3cc4c(cc3c3cc5c(cc3c21)sc1ccccc15)oc1ccccc14.c1ccc2c(c1)cn1c3cc4c(cc3c3cc5sc6ccccc6c5cc3c21)oc1ccccc14.c1ccc2c(c1)cn1c3ccc4c5ccccc5oc4c3c3cc4c(cc3c21)sc1ccccc14.c1ccc2c(c1)cn1c3ccc4c5ccccc5oc4c3c3cc4sc5ccccc5c4cc3c21. The van der Waals surface area contributed by atoms with Crippen LogP contribution in [0.3, 0.4) is 0 Å². The number of thiophene rings is 4. The Morgan fingerprint density at radius 1 is 0.143 bits per heavy atom. The molecule has 20 aromatic carbocycles. The van der Waals surface area contributed by atoms with Crippen molar-refractivity contribution in [3.8, 4) is 0 Å². The van der Waals surface area contributed by atoms with Gasteiger partial charge in [0.05, 0.1) is 44.1 Å². The van der Waals surface area contributed by atoms with Gasteiger partial charge in [-0.05, 0) is 167 Å². The van der Waals surface area contributed by atoms with E-state index in [9.17, 15) is 0 Å². The van der Waals surface area contributed by atoms with Gasteiger partial charge in [-0.1, -0.05) is 243 Å². The Bertz CT molecular complexity index is 12000. The number of nitrogens with zero attached hydrogens (tertiary/aromatic N) is 4. The summed E-state index contributed by atoms with van der Waals surface area (Å²) < 4.78 is 45.9. The highest BCUT2D eigenvalue weighted by atomic mass is 32.1. The molecule has 0 aliphatic rings. The molecule has 0 aliphatic carbocycles. The van der Waals surface area contributed by atoms with Gasteiger partial charge in [-0.2, -0.15) is 0 Å². The molecule has 0 saturated heterocycles. The van der Waals surface area contributed by atoms with Gasteiger partial charge in [0, 0.05) is 235 Å². The molecule has 8 nitrogen and oxygen atoms in total. The van der Waals surface area contributed by atoms with Crippen molar-refractivity contribution in [3.63, 3.8) is 0 Å². The summed E-state index contributed by atoms with van der Waals surface area (Å²) in [4.78, 5) is 0. The molecule has 0 bridgehead atoms. The van der Waals surface area contributed by atoms with Crippen LogP contribution in [0.2, 0.25) is 0 Å². The van der Waals surface area contributed by atoms with Crippen molar-refractivity contribution in [2.24, 2.45) is 0 Å². The number of benzene rings is 20. The van der Waals surface area contributed by atoms with E-state index in [1.807, 2.05) is 69.6 Å². The van der Waals surface area contributed by atoms with Gasteiger partial charge in [-0.25, -0.2) is 0 Å². The van der Waals surface area contributed by atoms with Crippen LogP contribution in [0.5, 0.6) is 0 Å². The summed E-state index contributed by atoms with van der Waals surface area (Å²) >= 11 is 7.49. The molecule has 12 heteroatoms. The number of pyridine rings is 4. The molecule has 0 saturated carbocycles. The van der Waals surface area contributed by atoms with Crippen molar-refractivity contribution >= 4 is 366 Å². The Morgan fingerprint density at radius 3 is 0.779 bits per heavy atom. The monoisotopic (exact) mass is 1850 g/mol. The maximum absolute atomic E-state index is 6.57. The lowest BCUT2D eigenvalue weighted by Gasteiger charge is -2.11. The number of furan rings is 4. The third-order valence-electron chi connectivity index (χ3n) is 30.2. The lowest BCUT2D eigenvalue weighted by molar-refractivity contribution is 0.669. The maximum Gasteiger partial charge on any atom is 0.145 e. The van der Waals surface area contributed by atoms with Crippen molar-refractivity contribution in [1.82, 2.24) is 17.6 Å². The van der Waals surface area contributed by atoms with Crippen LogP contribution in [-0.4, -0.2) is 17.6 Å². The molecule has 0 fully saturated rings. The fourth-order valence-electron chi connectivity index (χ4n) is 24.1. The highest BCUT2D eigenvalue weighted by Crippen LogP contribution is 2.52. The minimum Gasteiger partial charge on any atom is -0.456 e. The summed E-state index contributed by atoms with van der Waals surface area (Å²) in [6, 6.07) is 140. The molecular weight excluding hydrogens is 1790 g/mol. The Balaban J connectivity index is 0.0000000829. The zero-order chi connectivity index (χ0) is 90.7. The van der Waals surface area contributed by atoms with E-state index in [1.165, 1.54) is 249 Å². The van der Waals surface area contributed by atoms with E-state index < -0.39 is 0 Å². The molecule has 0 radical (unpaired) electrons. The van der Waals surface area contributed by atoms with Crippen LogP contribution in [0.1, 0.15) is 0 Å². The Kier molecular flexibility index (Phi) is 15.3. The summed E-state index contributed by atoms with van der Waals surface area (Å²) in [5, 5.41) is 45.0. The molecular formula is C128H68N4O4S4. The van der Waals surface area contributed by atoms with Gasteiger partial charge in [-0.15, -0.1) is 45.3 Å². The minimum atomic E-state index is 0.933. The molecule has 0 spiro atoms.